The Morgan fingerprint density at radius 3 is 1.78 bits per heavy atom. The van der Waals surface area contributed by atoms with Crippen molar-refractivity contribution in [3.8, 4) is 0 Å². The van der Waals surface area contributed by atoms with Gasteiger partial charge in [0.1, 0.15) is 6.61 Å². The van der Waals surface area contributed by atoms with Crippen molar-refractivity contribution in [3.05, 3.63) is 0 Å². The third-order valence-corrected chi connectivity index (χ3v) is 4.15. The van der Waals surface area contributed by atoms with Crippen LogP contribution in [0, 0.1) is 17.3 Å². The smallest absolute Gasteiger partial charge is 0.231 e. The number of aliphatic hydroxyl groups is 1. The van der Waals surface area contributed by atoms with Gasteiger partial charge in [-0.05, 0) is 63.7 Å². The molecule has 5 nitrogen and oxygen atoms in total. The molecule has 0 aromatic carbocycles. The van der Waals surface area contributed by atoms with Gasteiger partial charge in [-0.15, -0.1) is 0 Å². The van der Waals surface area contributed by atoms with Crippen LogP contribution in [0.4, 0.5) is 0 Å². The summed E-state index contributed by atoms with van der Waals surface area (Å²) in [7, 11) is 0. The van der Waals surface area contributed by atoms with Crippen LogP contribution >= 0.6 is 0 Å². The fraction of sp³-hybridized carbons (Fsp3) is 1.00. The molecule has 5 heteroatoms. The summed E-state index contributed by atoms with van der Waals surface area (Å²) >= 11 is 0. The Kier molecular flexibility index (Phi) is 11.6. The molecule has 0 radical (unpaired) electrons. The third-order valence-electron chi connectivity index (χ3n) is 4.15. The molecule has 0 saturated carbocycles. The lowest BCUT2D eigenvalue weighted by atomic mass is 9.84. The average molecular weight is 391 g/mol. The van der Waals surface area contributed by atoms with E-state index in [4.69, 9.17) is 19.6 Å². The van der Waals surface area contributed by atoms with Gasteiger partial charge in [-0.2, -0.15) is 9.78 Å². The van der Waals surface area contributed by atoms with Crippen molar-refractivity contribution in [3.63, 3.8) is 0 Å². The molecular weight excluding hydrogens is 344 g/mol. The van der Waals surface area contributed by atoms with E-state index < -0.39 is 17.5 Å². The van der Waals surface area contributed by atoms with Gasteiger partial charge in [0.25, 0.3) is 0 Å². The van der Waals surface area contributed by atoms with E-state index in [1.165, 1.54) is 0 Å². The first-order valence-corrected chi connectivity index (χ1v) is 10.5. The quantitative estimate of drug-likeness (QED) is 0.222. The maximum Gasteiger partial charge on any atom is 0.231 e. The normalized spacial score (nSPS) is 16.8. The predicted octanol–water partition coefficient (Wildman–Crippen LogP) is 6.05. The van der Waals surface area contributed by atoms with Gasteiger partial charge in [0, 0.05) is 6.42 Å². The molecule has 0 bridgehead atoms. The molecule has 0 rings (SSSR count). The van der Waals surface area contributed by atoms with Gasteiger partial charge in [-0.25, -0.2) is 9.78 Å². The summed E-state index contributed by atoms with van der Waals surface area (Å²) in [6.07, 6.45) is 3.50. The molecule has 164 valence electrons. The van der Waals surface area contributed by atoms with Crippen LogP contribution < -0.4 is 0 Å². The zero-order valence-electron chi connectivity index (χ0n) is 19.6. The van der Waals surface area contributed by atoms with Crippen molar-refractivity contribution < 1.29 is 24.7 Å². The van der Waals surface area contributed by atoms with E-state index >= 15 is 0 Å². The predicted molar refractivity (Wildman–Crippen MR) is 110 cm³/mol. The second kappa shape index (κ2) is 11.7. The van der Waals surface area contributed by atoms with Crippen LogP contribution in [0.2, 0.25) is 0 Å². The summed E-state index contributed by atoms with van der Waals surface area (Å²) in [5.74, 6) is 0.0476. The molecule has 0 saturated heterocycles. The molecule has 0 fully saturated rings. The van der Waals surface area contributed by atoms with E-state index in [0.717, 1.165) is 19.3 Å². The maximum atomic E-state index is 10.0. The summed E-state index contributed by atoms with van der Waals surface area (Å²) in [6.45, 7) is 21.1. The van der Waals surface area contributed by atoms with E-state index in [0.29, 0.717) is 24.7 Å². The van der Waals surface area contributed by atoms with Crippen LogP contribution in [0.3, 0.4) is 0 Å². The van der Waals surface area contributed by atoms with Crippen LogP contribution in [-0.4, -0.2) is 29.2 Å². The van der Waals surface area contributed by atoms with E-state index in [1.54, 1.807) is 0 Å². The first-order chi connectivity index (χ1) is 12.1. The maximum absolute atomic E-state index is 10.0. The van der Waals surface area contributed by atoms with Crippen LogP contribution in [0.15, 0.2) is 0 Å². The Morgan fingerprint density at radius 2 is 1.30 bits per heavy atom. The van der Waals surface area contributed by atoms with Crippen LogP contribution in [0.5, 0.6) is 0 Å². The molecule has 0 aliphatic rings. The van der Waals surface area contributed by atoms with E-state index in [2.05, 4.69) is 48.5 Å². The highest BCUT2D eigenvalue weighted by molar-refractivity contribution is 4.76. The van der Waals surface area contributed by atoms with Gasteiger partial charge in [0.05, 0.1) is 11.7 Å². The standard InChI is InChI=1S/C22H46O5/c1-17(2)11-12-19(23)15-24-26-22(10,14-13-18(3)4)27-25-21(8,9)16-20(5,6)7/h17-19,23H,11-16H2,1-10H3. The van der Waals surface area contributed by atoms with E-state index in [9.17, 15) is 5.11 Å². The summed E-state index contributed by atoms with van der Waals surface area (Å²) in [5.41, 5.74) is -0.323. The molecule has 0 spiro atoms. The van der Waals surface area contributed by atoms with Gasteiger partial charge < -0.3 is 5.11 Å². The lowest BCUT2D eigenvalue weighted by Crippen LogP contribution is -2.39. The van der Waals surface area contributed by atoms with Crippen LogP contribution in [0.25, 0.3) is 0 Å². The second-order valence-corrected chi connectivity index (χ2v) is 10.7. The van der Waals surface area contributed by atoms with Gasteiger partial charge in [-0.3, -0.25) is 0 Å². The lowest BCUT2D eigenvalue weighted by molar-refractivity contribution is -0.528. The molecule has 1 N–H and O–H groups in total. The molecule has 27 heavy (non-hydrogen) atoms. The molecule has 0 aliphatic carbocycles. The minimum absolute atomic E-state index is 0.124. The summed E-state index contributed by atoms with van der Waals surface area (Å²) in [6, 6.07) is 0. The van der Waals surface area contributed by atoms with Crippen LogP contribution in [0.1, 0.15) is 101 Å². The van der Waals surface area contributed by atoms with Crippen molar-refractivity contribution in [2.24, 2.45) is 17.3 Å². The highest BCUT2D eigenvalue weighted by Crippen LogP contribution is 2.32. The van der Waals surface area contributed by atoms with E-state index in [-0.39, 0.29) is 12.0 Å². The zero-order chi connectivity index (χ0) is 21.3. The first-order valence-electron chi connectivity index (χ1n) is 10.5. The van der Waals surface area contributed by atoms with Gasteiger partial charge >= 0.3 is 0 Å². The molecule has 0 heterocycles. The average Bonchev–Trinajstić information content (AvgIpc) is 2.47. The largest absolute Gasteiger partial charge is 0.391 e. The Bertz CT molecular complexity index is 387. The number of aliphatic hydroxyl groups excluding tert-OH is 1. The number of hydrogen-bond acceptors (Lipinski definition) is 5. The number of hydrogen-bond donors (Lipinski definition) is 1. The fourth-order valence-corrected chi connectivity index (χ4v) is 3.00. The van der Waals surface area contributed by atoms with E-state index in [1.807, 2.05) is 20.8 Å². The Hall–Kier alpha value is -0.200. The van der Waals surface area contributed by atoms with Crippen molar-refractivity contribution in [2.75, 3.05) is 6.61 Å². The van der Waals surface area contributed by atoms with Gasteiger partial charge in [0.15, 0.2) is 0 Å². The highest BCUT2D eigenvalue weighted by Gasteiger charge is 2.35. The Balaban J connectivity index is 4.66. The Morgan fingerprint density at radius 1 is 0.741 bits per heavy atom. The molecule has 2 unspecified atom stereocenters. The minimum atomic E-state index is -1.02. The zero-order valence-corrected chi connectivity index (χ0v) is 19.6. The molecule has 0 aliphatic heterocycles. The molecule has 0 amide bonds. The SMILES string of the molecule is CC(C)CCC(O)COOC(C)(CCC(C)C)OOC(C)(C)CC(C)(C)C. The van der Waals surface area contributed by atoms with Crippen molar-refractivity contribution in [1.82, 2.24) is 0 Å². The summed E-state index contributed by atoms with van der Waals surface area (Å²) < 4.78 is 0. The molecule has 2 atom stereocenters. The monoisotopic (exact) mass is 390 g/mol. The number of rotatable bonds is 14. The van der Waals surface area contributed by atoms with Crippen molar-refractivity contribution in [1.29, 1.82) is 0 Å². The third kappa shape index (κ3) is 15.4. The van der Waals surface area contributed by atoms with Gasteiger partial charge in [-0.1, -0.05) is 48.5 Å². The molecule has 0 aromatic heterocycles. The highest BCUT2D eigenvalue weighted by atomic mass is 17.3. The van der Waals surface area contributed by atoms with Crippen LogP contribution in [-0.2, 0) is 19.6 Å². The topological polar surface area (TPSA) is 57.2 Å². The minimum Gasteiger partial charge on any atom is -0.391 e. The Labute approximate surface area is 168 Å². The van der Waals surface area contributed by atoms with Crippen molar-refractivity contribution >= 4 is 0 Å². The first kappa shape index (κ1) is 26.8. The van der Waals surface area contributed by atoms with Gasteiger partial charge in [0.2, 0.25) is 5.79 Å². The second-order valence-electron chi connectivity index (χ2n) is 10.7. The lowest BCUT2D eigenvalue weighted by Gasteiger charge is -2.35. The van der Waals surface area contributed by atoms with Crippen molar-refractivity contribution in [2.45, 2.75) is 119 Å². The fourth-order valence-electron chi connectivity index (χ4n) is 3.00. The molecule has 0 aromatic rings. The molecular formula is C22H46O5. The summed E-state index contributed by atoms with van der Waals surface area (Å²) in [4.78, 5) is 22.4. The summed E-state index contributed by atoms with van der Waals surface area (Å²) in [5, 5.41) is 10.0.